The second-order valence-corrected chi connectivity index (χ2v) is 6.08. The second-order valence-electron chi connectivity index (χ2n) is 6.08. The average molecular weight is 314 g/mol. The van der Waals surface area contributed by atoms with E-state index in [-0.39, 0.29) is 24.3 Å². The van der Waals surface area contributed by atoms with Crippen LogP contribution in [0.15, 0.2) is 12.2 Å². The molecule has 1 rings (SSSR count). The molecule has 0 aliphatic carbocycles. The highest BCUT2D eigenvalue weighted by atomic mass is 19.3. The number of phenolic OH excluding ortho intramolecular Hbond substituents is 2. The molecule has 0 amide bonds. The summed E-state index contributed by atoms with van der Waals surface area (Å²) in [5.41, 5.74) is 1.31. The van der Waals surface area contributed by atoms with Crippen molar-refractivity contribution in [3.05, 3.63) is 34.4 Å². The van der Waals surface area contributed by atoms with Crippen LogP contribution in [0.25, 0.3) is 0 Å². The summed E-state index contributed by atoms with van der Waals surface area (Å²) in [4.78, 5) is 0. The highest BCUT2D eigenvalue weighted by molar-refractivity contribution is 5.56. The van der Waals surface area contributed by atoms with Gasteiger partial charge in [0.05, 0.1) is 5.60 Å². The van der Waals surface area contributed by atoms with E-state index in [9.17, 15) is 24.1 Å². The third-order valence-corrected chi connectivity index (χ3v) is 4.26. The van der Waals surface area contributed by atoms with Crippen LogP contribution in [0.4, 0.5) is 8.78 Å². The van der Waals surface area contributed by atoms with E-state index in [1.165, 1.54) is 0 Å². The van der Waals surface area contributed by atoms with Gasteiger partial charge in [-0.25, -0.2) is 0 Å². The minimum Gasteiger partial charge on any atom is -0.507 e. The lowest BCUT2D eigenvalue weighted by atomic mass is 9.88. The van der Waals surface area contributed by atoms with E-state index in [0.29, 0.717) is 35.1 Å². The molecular weight excluding hydrogens is 290 g/mol. The summed E-state index contributed by atoms with van der Waals surface area (Å²) in [6.07, 6.45) is 0.0217. The Hall–Kier alpha value is -1.62. The molecule has 124 valence electrons. The standard InChI is InChI=1S/C17H24F2O3/c1-10-11(2)16(21)13(12(3)15(10)20)7-9-17(4,22)8-5-6-14(18)19/h6,20-22H,5,7-9H2,1-4H3. The van der Waals surface area contributed by atoms with Gasteiger partial charge in [-0.3, -0.25) is 0 Å². The zero-order chi connectivity index (χ0) is 17.1. The minimum absolute atomic E-state index is 0.0957. The van der Waals surface area contributed by atoms with Crippen molar-refractivity contribution < 1.29 is 24.1 Å². The van der Waals surface area contributed by atoms with E-state index in [2.05, 4.69) is 0 Å². The molecule has 1 aromatic carbocycles. The molecule has 0 heterocycles. The molecule has 0 fully saturated rings. The van der Waals surface area contributed by atoms with E-state index < -0.39 is 11.7 Å². The molecule has 0 bridgehead atoms. The molecule has 1 atom stereocenters. The Morgan fingerprint density at radius 1 is 1.00 bits per heavy atom. The van der Waals surface area contributed by atoms with Gasteiger partial charge in [-0.1, -0.05) is 0 Å². The summed E-state index contributed by atoms with van der Waals surface area (Å²) in [6.45, 7) is 6.76. The molecule has 1 aromatic rings. The Labute approximate surface area is 129 Å². The molecular formula is C17H24F2O3. The van der Waals surface area contributed by atoms with Crippen molar-refractivity contribution in [1.29, 1.82) is 0 Å². The van der Waals surface area contributed by atoms with E-state index in [0.717, 1.165) is 6.08 Å². The van der Waals surface area contributed by atoms with Gasteiger partial charge in [0, 0.05) is 5.56 Å². The highest BCUT2D eigenvalue weighted by Gasteiger charge is 2.23. The predicted octanol–water partition coefficient (Wildman–Crippen LogP) is 4.27. The molecule has 0 spiro atoms. The maximum atomic E-state index is 12.0. The van der Waals surface area contributed by atoms with Gasteiger partial charge in [-0.05, 0) is 76.1 Å². The van der Waals surface area contributed by atoms with Crippen molar-refractivity contribution in [2.24, 2.45) is 0 Å². The highest BCUT2D eigenvalue weighted by Crippen LogP contribution is 2.37. The van der Waals surface area contributed by atoms with E-state index >= 15 is 0 Å². The molecule has 5 heteroatoms. The Morgan fingerprint density at radius 2 is 1.55 bits per heavy atom. The Kier molecular flexibility index (Phi) is 5.94. The lowest BCUT2D eigenvalue weighted by Gasteiger charge is -2.24. The van der Waals surface area contributed by atoms with Crippen LogP contribution in [0.1, 0.15) is 48.4 Å². The van der Waals surface area contributed by atoms with Gasteiger partial charge in [-0.2, -0.15) is 8.78 Å². The molecule has 0 aromatic heterocycles. The first-order valence-corrected chi connectivity index (χ1v) is 7.31. The topological polar surface area (TPSA) is 60.7 Å². The Balaban J connectivity index is 2.86. The smallest absolute Gasteiger partial charge is 0.266 e. The van der Waals surface area contributed by atoms with E-state index in [1.807, 2.05) is 0 Å². The summed E-state index contributed by atoms with van der Waals surface area (Å²) in [5, 5.41) is 30.5. The fourth-order valence-electron chi connectivity index (χ4n) is 2.50. The molecule has 0 saturated heterocycles. The molecule has 3 N–H and O–H groups in total. The number of benzene rings is 1. The average Bonchev–Trinajstić information content (AvgIpc) is 2.42. The largest absolute Gasteiger partial charge is 0.507 e. The molecule has 1 unspecified atom stereocenters. The lowest BCUT2D eigenvalue weighted by molar-refractivity contribution is 0.0429. The first-order valence-electron chi connectivity index (χ1n) is 7.31. The molecule has 22 heavy (non-hydrogen) atoms. The third-order valence-electron chi connectivity index (χ3n) is 4.26. The minimum atomic E-state index is -1.75. The number of hydrogen-bond acceptors (Lipinski definition) is 3. The van der Waals surface area contributed by atoms with Crippen molar-refractivity contribution in [2.45, 2.75) is 59.0 Å². The number of rotatable bonds is 6. The van der Waals surface area contributed by atoms with Crippen LogP contribution in [0.2, 0.25) is 0 Å². The van der Waals surface area contributed by atoms with Crippen LogP contribution >= 0.6 is 0 Å². The van der Waals surface area contributed by atoms with Crippen molar-refractivity contribution in [1.82, 2.24) is 0 Å². The number of halogens is 2. The van der Waals surface area contributed by atoms with Gasteiger partial charge in [0.2, 0.25) is 0 Å². The van der Waals surface area contributed by atoms with Crippen LogP contribution in [0.5, 0.6) is 11.5 Å². The van der Waals surface area contributed by atoms with E-state index in [1.54, 1.807) is 27.7 Å². The summed E-state index contributed by atoms with van der Waals surface area (Å²) in [5.74, 6) is 0.269. The van der Waals surface area contributed by atoms with Crippen LogP contribution in [0.3, 0.4) is 0 Å². The fourth-order valence-corrected chi connectivity index (χ4v) is 2.50. The zero-order valence-corrected chi connectivity index (χ0v) is 13.5. The van der Waals surface area contributed by atoms with Crippen LogP contribution in [0, 0.1) is 20.8 Å². The second kappa shape index (κ2) is 7.09. The van der Waals surface area contributed by atoms with Gasteiger partial charge in [-0.15, -0.1) is 0 Å². The Bertz CT molecular complexity index is 545. The molecule has 0 saturated carbocycles. The van der Waals surface area contributed by atoms with Gasteiger partial charge in [0.15, 0.2) is 0 Å². The van der Waals surface area contributed by atoms with Crippen LogP contribution in [-0.4, -0.2) is 20.9 Å². The summed E-state index contributed by atoms with van der Waals surface area (Å²) < 4.78 is 24.0. The summed E-state index contributed by atoms with van der Waals surface area (Å²) in [6, 6.07) is 0. The van der Waals surface area contributed by atoms with E-state index in [4.69, 9.17) is 0 Å². The monoisotopic (exact) mass is 314 g/mol. The van der Waals surface area contributed by atoms with Crippen molar-refractivity contribution in [3.8, 4) is 11.5 Å². The molecule has 0 aliphatic heterocycles. The number of aliphatic hydroxyl groups is 1. The van der Waals surface area contributed by atoms with Gasteiger partial charge >= 0.3 is 0 Å². The van der Waals surface area contributed by atoms with Gasteiger partial charge in [0.1, 0.15) is 11.5 Å². The number of allylic oxidation sites excluding steroid dienone is 1. The van der Waals surface area contributed by atoms with Crippen LogP contribution in [-0.2, 0) is 6.42 Å². The van der Waals surface area contributed by atoms with Crippen LogP contribution < -0.4 is 0 Å². The first-order chi connectivity index (χ1) is 10.1. The van der Waals surface area contributed by atoms with Gasteiger partial charge < -0.3 is 15.3 Å². The number of hydrogen-bond donors (Lipinski definition) is 3. The Morgan fingerprint density at radius 3 is 2.09 bits per heavy atom. The molecule has 0 radical (unpaired) electrons. The van der Waals surface area contributed by atoms with Crippen molar-refractivity contribution in [2.75, 3.05) is 0 Å². The maximum absolute atomic E-state index is 12.0. The summed E-state index contributed by atoms with van der Waals surface area (Å²) >= 11 is 0. The number of aromatic hydroxyl groups is 2. The zero-order valence-electron chi connectivity index (χ0n) is 13.5. The molecule has 0 aliphatic rings. The number of phenols is 2. The maximum Gasteiger partial charge on any atom is 0.266 e. The normalized spacial score (nSPS) is 13.8. The van der Waals surface area contributed by atoms with Crippen molar-refractivity contribution in [3.63, 3.8) is 0 Å². The van der Waals surface area contributed by atoms with Crippen molar-refractivity contribution >= 4 is 0 Å². The predicted molar refractivity (Wildman–Crippen MR) is 82.5 cm³/mol. The molecule has 3 nitrogen and oxygen atoms in total. The third kappa shape index (κ3) is 4.44. The SMILES string of the molecule is Cc1c(C)c(O)c(CCC(C)(O)CCC=C(F)F)c(C)c1O. The summed E-state index contributed by atoms with van der Waals surface area (Å²) in [7, 11) is 0. The quantitative estimate of drug-likeness (QED) is 0.687. The van der Waals surface area contributed by atoms with Gasteiger partial charge in [0.25, 0.3) is 6.08 Å². The first kappa shape index (κ1) is 18.4. The lowest BCUT2D eigenvalue weighted by Crippen LogP contribution is -2.24. The fraction of sp³-hybridized carbons (Fsp3) is 0.529.